The molecule has 0 saturated heterocycles. The Kier molecular flexibility index (Phi) is 4.67. The molecule has 3 heteroatoms. The van der Waals surface area contributed by atoms with Crippen LogP contribution in [-0.2, 0) is 6.67 Å². The Morgan fingerprint density at radius 2 is 1.42 bits per heavy atom. The SMILES string of the molecule is C=NC1=C(/C(=N\Cn2c3ccccc3c3ccccc32)c2ccccc2)C(C)(C)C=C1. The first kappa shape index (κ1) is 19.3. The molecule has 0 N–H and O–H groups in total. The van der Waals surface area contributed by atoms with Crippen LogP contribution in [0.3, 0.4) is 0 Å². The maximum atomic E-state index is 5.21. The minimum absolute atomic E-state index is 0.161. The predicted octanol–water partition coefficient (Wildman–Crippen LogP) is 6.79. The number of hydrogen-bond acceptors (Lipinski definition) is 2. The normalized spacial score (nSPS) is 15.9. The van der Waals surface area contributed by atoms with Gasteiger partial charge in [-0.1, -0.05) is 86.7 Å². The van der Waals surface area contributed by atoms with E-state index in [0.29, 0.717) is 6.67 Å². The molecule has 3 nitrogen and oxygen atoms in total. The molecule has 1 heterocycles. The molecule has 0 aliphatic heterocycles. The Morgan fingerprint density at radius 3 is 2.03 bits per heavy atom. The summed E-state index contributed by atoms with van der Waals surface area (Å²) in [6.45, 7) is 8.75. The molecule has 0 bridgehead atoms. The van der Waals surface area contributed by atoms with Gasteiger partial charge in [0.15, 0.2) is 0 Å². The monoisotopic (exact) mass is 403 g/mol. The van der Waals surface area contributed by atoms with E-state index >= 15 is 0 Å². The van der Waals surface area contributed by atoms with E-state index in [2.05, 4.69) is 115 Å². The van der Waals surface area contributed by atoms with Gasteiger partial charge in [0, 0.05) is 27.3 Å². The van der Waals surface area contributed by atoms with E-state index < -0.39 is 0 Å². The molecular weight excluding hydrogens is 378 g/mol. The molecule has 1 aromatic heterocycles. The number of hydrogen-bond donors (Lipinski definition) is 0. The van der Waals surface area contributed by atoms with Gasteiger partial charge in [-0.05, 0) is 24.9 Å². The molecule has 5 rings (SSSR count). The third kappa shape index (κ3) is 3.23. The maximum Gasteiger partial charge on any atom is 0.115 e. The highest BCUT2D eigenvalue weighted by molar-refractivity contribution is 6.15. The van der Waals surface area contributed by atoms with Crippen LogP contribution in [0.15, 0.2) is 112 Å². The van der Waals surface area contributed by atoms with Gasteiger partial charge in [0.25, 0.3) is 0 Å². The molecule has 4 aromatic rings. The van der Waals surface area contributed by atoms with Crippen molar-refractivity contribution >= 4 is 34.2 Å². The van der Waals surface area contributed by atoms with E-state index in [-0.39, 0.29) is 5.41 Å². The highest BCUT2D eigenvalue weighted by Crippen LogP contribution is 2.39. The predicted molar refractivity (Wildman–Crippen MR) is 132 cm³/mol. The van der Waals surface area contributed by atoms with Crippen molar-refractivity contribution in [1.82, 2.24) is 4.57 Å². The van der Waals surface area contributed by atoms with Crippen molar-refractivity contribution in [1.29, 1.82) is 0 Å². The average molecular weight is 404 g/mol. The van der Waals surface area contributed by atoms with Crippen molar-refractivity contribution in [2.45, 2.75) is 20.5 Å². The summed E-state index contributed by atoms with van der Waals surface area (Å²) in [6, 6.07) is 27.5. The molecule has 0 amide bonds. The fourth-order valence-corrected chi connectivity index (χ4v) is 4.55. The summed E-state index contributed by atoms with van der Waals surface area (Å²) < 4.78 is 2.30. The van der Waals surface area contributed by atoms with Crippen LogP contribution in [0.25, 0.3) is 21.8 Å². The second-order valence-electron chi connectivity index (χ2n) is 8.45. The number of rotatable bonds is 5. The molecule has 1 aliphatic carbocycles. The molecule has 0 saturated carbocycles. The third-order valence-corrected chi connectivity index (χ3v) is 6.06. The second-order valence-corrected chi connectivity index (χ2v) is 8.45. The van der Waals surface area contributed by atoms with E-state index in [1.54, 1.807) is 0 Å². The lowest BCUT2D eigenvalue weighted by atomic mass is 9.82. The van der Waals surface area contributed by atoms with Gasteiger partial charge in [-0.25, -0.2) is 0 Å². The number of allylic oxidation sites excluding steroid dienone is 3. The van der Waals surface area contributed by atoms with Gasteiger partial charge in [-0.15, -0.1) is 0 Å². The zero-order valence-electron chi connectivity index (χ0n) is 17.9. The highest BCUT2D eigenvalue weighted by atomic mass is 15.1. The Balaban J connectivity index is 1.71. The number of nitrogens with zero attached hydrogens (tertiary/aromatic N) is 3. The van der Waals surface area contributed by atoms with E-state index in [1.807, 2.05) is 6.07 Å². The quantitative estimate of drug-likeness (QED) is 0.328. The highest BCUT2D eigenvalue weighted by Gasteiger charge is 2.32. The van der Waals surface area contributed by atoms with Crippen LogP contribution in [0.2, 0.25) is 0 Å². The fraction of sp³-hybridized carbons (Fsp3) is 0.143. The number of benzene rings is 3. The second kappa shape index (κ2) is 7.51. The van der Waals surface area contributed by atoms with Crippen molar-refractivity contribution in [3.8, 4) is 0 Å². The molecule has 152 valence electrons. The minimum Gasteiger partial charge on any atom is -0.320 e. The number of fused-ring (bicyclic) bond motifs is 3. The van der Waals surface area contributed by atoms with E-state index in [9.17, 15) is 0 Å². The largest absolute Gasteiger partial charge is 0.320 e. The Bertz CT molecular complexity index is 1330. The Hall–Kier alpha value is -3.72. The fourth-order valence-electron chi connectivity index (χ4n) is 4.55. The topological polar surface area (TPSA) is 29.6 Å². The van der Waals surface area contributed by atoms with Gasteiger partial charge in [0.05, 0.1) is 22.4 Å². The lowest BCUT2D eigenvalue weighted by Gasteiger charge is -2.23. The van der Waals surface area contributed by atoms with Crippen molar-refractivity contribution in [2.75, 3.05) is 0 Å². The zero-order valence-corrected chi connectivity index (χ0v) is 17.9. The average Bonchev–Trinajstić information content (AvgIpc) is 3.29. The molecule has 0 spiro atoms. The summed E-state index contributed by atoms with van der Waals surface area (Å²) in [4.78, 5) is 9.52. The molecule has 0 radical (unpaired) electrons. The minimum atomic E-state index is -0.161. The van der Waals surface area contributed by atoms with Crippen LogP contribution in [0.1, 0.15) is 19.4 Å². The van der Waals surface area contributed by atoms with Gasteiger partial charge in [0.2, 0.25) is 0 Å². The number of para-hydroxylation sites is 2. The van der Waals surface area contributed by atoms with Crippen molar-refractivity contribution in [3.63, 3.8) is 0 Å². The summed E-state index contributed by atoms with van der Waals surface area (Å²) in [6.07, 6.45) is 4.24. The molecule has 0 fully saturated rings. The smallest absolute Gasteiger partial charge is 0.115 e. The Labute approximate surface area is 182 Å². The van der Waals surface area contributed by atoms with E-state index in [1.165, 1.54) is 21.8 Å². The van der Waals surface area contributed by atoms with Crippen molar-refractivity contribution < 1.29 is 0 Å². The van der Waals surface area contributed by atoms with E-state index in [0.717, 1.165) is 22.5 Å². The molecular formula is C28H25N3. The van der Waals surface area contributed by atoms with Gasteiger partial charge in [-0.2, -0.15) is 0 Å². The van der Waals surface area contributed by atoms with Crippen molar-refractivity contribution in [2.24, 2.45) is 15.4 Å². The van der Waals surface area contributed by atoms with Crippen molar-refractivity contribution in [3.05, 3.63) is 108 Å². The third-order valence-electron chi connectivity index (χ3n) is 6.06. The Morgan fingerprint density at radius 1 is 0.839 bits per heavy atom. The molecule has 0 unspecified atom stereocenters. The van der Waals surface area contributed by atoms with Crippen LogP contribution in [0.4, 0.5) is 0 Å². The molecule has 31 heavy (non-hydrogen) atoms. The lowest BCUT2D eigenvalue weighted by Crippen LogP contribution is -2.20. The van der Waals surface area contributed by atoms with E-state index in [4.69, 9.17) is 4.99 Å². The van der Waals surface area contributed by atoms with Crippen LogP contribution < -0.4 is 0 Å². The molecule has 3 aromatic carbocycles. The first-order valence-corrected chi connectivity index (χ1v) is 10.6. The van der Waals surface area contributed by atoms with Crippen LogP contribution in [0, 0.1) is 5.41 Å². The van der Waals surface area contributed by atoms with Crippen LogP contribution in [0.5, 0.6) is 0 Å². The number of aliphatic imine (C=N–C) groups is 2. The number of aromatic nitrogens is 1. The summed E-state index contributed by atoms with van der Waals surface area (Å²) in [5.41, 5.74) is 6.31. The zero-order chi connectivity index (χ0) is 21.4. The first-order chi connectivity index (χ1) is 15.1. The maximum absolute atomic E-state index is 5.21. The van der Waals surface area contributed by atoms with Gasteiger partial charge in [0.1, 0.15) is 6.67 Å². The van der Waals surface area contributed by atoms with Gasteiger partial charge < -0.3 is 4.57 Å². The standard InChI is InChI=1S/C28H25N3/c1-28(2)18-17-23(29-3)26(28)27(20-11-5-4-6-12-20)30-19-31-24-15-9-7-13-21(24)22-14-8-10-16-25(22)31/h4-18H,3,19H2,1-2H3/b30-27-. The summed E-state index contributed by atoms with van der Waals surface area (Å²) in [5, 5.41) is 2.51. The summed E-state index contributed by atoms with van der Waals surface area (Å²) >= 11 is 0. The summed E-state index contributed by atoms with van der Waals surface area (Å²) in [7, 11) is 0. The van der Waals surface area contributed by atoms with Gasteiger partial charge >= 0.3 is 0 Å². The first-order valence-electron chi connectivity index (χ1n) is 10.6. The van der Waals surface area contributed by atoms with Crippen LogP contribution >= 0.6 is 0 Å². The summed E-state index contributed by atoms with van der Waals surface area (Å²) in [5.74, 6) is 0. The lowest BCUT2D eigenvalue weighted by molar-refractivity contribution is 0.610. The molecule has 0 atom stereocenters. The van der Waals surface area contributed by atoms with Crippen LogP contribution in [-0.4, -0.2) is 17.0 Å². The molecule has 1 aliphatic rings. The van der Waals surface area contributed by atoms with Gasteiger partial charge in [-0.3, -0.25) is 9.98 Å².